The quantitative estimate of drug-likeness (QED) is 0.838. The van der Waals surface area contributed by atoms with Crippen molar-refractivity contribution in [3.05, 3.63) is 39.6 Å². The maximum absolute atomic E-state index is 12.6. The number of carbonyl (C=O) groups excluding carboxylic acids is 1. The van der Waals surface area contributed by atoms with Crippen LogP contribution in [0.15, 0.2) is 25.7 Å². The Labute approximate surface area is 125 Å². The monoisotopic (exact) mass is 338 g/mol. The van der Waals surface area contributed by atoms with Gasteiger partial charge in [0.2, 0.25) is 0 Å². The number of aromatic nitrogens is 1. The highest BCUT2D eigenvalue weighted by Gasteiger charge is 2.34. The molecule has 2 aromatic rings. The van der Waals surface area contributed by atoms with Gasteiger partial charge in [-0.1, -0.05) is 5.16 Å². The second-order valence-corrected chi connectivity index (χ2v) is 5.86. The maximum Gasteiger partial charge on any atom is 0.290 e. The van der Waals surface area contributed by atoms with Gasteiger partial charge in [-0.15, -0.1) is 0 Å². The van der Waals surface area contributed by atoms with Crippen molar-refractivity contribution in [2.75, 3.05) is 6.54 Å². The molecule has 0 bridgehead atoms. The summed E-state index contributed by atoms with van der Waals surface area (Å²) >= 11 is 3.26. The Balaban J connectivity index is 1.89. The first-order valence-electron chi connectivity index (χ1n) is 6.56. The summed E-state index contributed by atoms with van der Waals surface area (Å²) in [5, 5.41) is 4.04. The molecule has 0 aromatic carbocycles. The van der Waals surface area contributed by atoms with Crippen LogP contribution in [0.5, 0.6) is 0 Å². The molecule has 6 heteroatoms. The first-order chi connectivity index (χ1) is 9.56. The van der Waals surface area contributed by atoms with E-state index in [2.05, 4.69) is 21.1 Å². The Bertz CT molecular complexity index is 647. The molecule has 1 unspecified atom stereocenters. The Morgan fingerprint density at radius 1 is 1.45 bits per heavy atom. The van der Waals surface area contributed by atoms with Crippen molar-refractivity contribution in [2.45, 2.75) is 32.7 Å². The van der Waals surface area contributed by atoms with E-state index in [0.717, 1.165) is 29.9 Å². The van der Waals surface area contributed by atoms with Crippen LogP contribution >= 0.6 is 15.9 Å². The Morgan fingerprint density at radius 2 is 2.25 bits per heavy atom. The number of carbonyl (C=O) groups is 1. The van der Waals surface area contributed by atoms with Crippen LogP contribution in [-0.4, -0.2) is 22.5 Å². The average Bonchev–Trinajstić information content (AvgIpc) is 3.08. The zero-order valence-electron chi connectivity index (χ0n) is 11.4. The van der Waals surface area contributed by atoms with Crippen molar-refractivity contribution in [3.8, 4) is 0 Å². The molecule has 20 heavy (non-hydrogen) atoms. The number of likely N-dealkylation sites (tertiary alicyclic amines) is 1. The Hall–Kier alpha value is -1.56. The first kappa shape index (κ1) is 13.4. The van der Waals surface area contributed by atoms with Crippen LogP contribution in [0.25, 0.3) is 0 Å². The Kier molecular flexibility index (Phi) is 3.41. The van der Waals surface area contributed by atoms with Crippen LogP contribution in [0.1, 0.15) is 46.5 Å². The Morgan fingerprint density at radius 3 is 2.85 bits per heavy atom. The third-order valence-corrected chi connectivity index (χ3v) is 3.97. The molecular weight excluding hydrogens is 324 g/mol. The number of nitrogens with zero attached hydrogens (tertiary/aromatic N) is 2. The molecule has 1 aliphatic heterocycles. The van der Waals surface area contributed by atoms with Crippen molar-refractivity contribution in [1.29, 1.82) is 0 Å². The van der Waals surface area contributed by atoms with E-state index in [4.69, 9.17) is 8.94 Å². The SMILES string of the molecule is Cc1cc(C2CCCN2C(=O)c2oc(Br)cc2C)no1. The molecule has 0 radical (unpaired) electrons. The van der Waals surface area contributed by atoms with Crippen molar-refractivity contribution < 1.29 is 13.7 Å². The lowest BCUT2D eigenvalue weighted by atomic mass is 10.1. The van der Waals surface area contributed by atoms with E-state index in [0.29, 0.717) is 17.0 Å². The topological polar surface area (TPSA) is 59.5 Å². The third-order valence-electron chi connectivity index (χ3n) is 3.58. The molecule has 106 valence electrons. The fraction of sp³-hybridized carbons (Fsp3) is 0.429. The van der Waals surface area contributed by atoms with Crippen molar-refractivity contribution in [1.82, 2.24) is 10.1 Å². The van der Waals surface area contributed by atoms with Gasteiger partial charge in [-0.2, -0.15) is 0 Å². The van der Waals surface area contributed by atoms with E-state index in [9.17, 15) is 4.79 Å². The van der Waals surface area contributed by atoms with Crippen molar-refractivity contribution in [3.63, 3.8) is 0 Å². The molecule has 5 nitrogen and oxygen atoms in total. The summed E-state index contributed by atoms with van der Waals surface area (Å²) in [4.78, 5) is 14.4. The fourth-order valence-corrected chi connectivity index (χ4v) is 3.15. The second-order valence-electron chi connectivity index (χ2n) is 5.08. The highest BCUT2D eigenvalue weighted by atomic mass is 79.9. The molecular formula is C14H15BrN2O3. The van der Waals surface area contributed by atoms with Crippen molar-refractivity contribution in [2.24, 2.45) is 0 Å². The lowest BCUT2D eigenvalue weighted by Crippen LogP contribution is -2.30. The number of hydrogen-bond donors (Lipinski definition) is 0. The fourth-order valence-electron chi connectivity index (χ4n) is 2.65. The number of rotatable bonds is 2. The summed E-state index contributed by atoms with van der Waals surface area (Å²) in [7, 11) is 0. The zero-order valence-corrected chi connectivity index (χ0v) is 12.9. The third kappa shape index (κ3) is 2.28. The summed E-state index contributed by atoms with van der Waals surface area (Å²) < 4.78 is 11.2. The molecule has 1 saturated heterocycles. The zero-order chi connectivity index (χ0) is 14.3. The number of furan rings is 1. The van der Waals surface area contributed by atoms with Crippen LogP contribution in [-0.2, 0) is 0 Å². The van der Waals surface area contributed by atoms with Gasteiger partial charge in [0.25, 0.3) is 5.91 Å². The molecule has 0 N–H and O–H groups in total. The molecule has 0 saturated carbocycles. The van der Waals surface area contributed by atoms with Gasteiger partial charge in [0.15, 0.2) is 10.4 Å². The smallest absolute Gasteiger partial charge is 0.290 e. The van der Waals surface area contributed by atoms with E-state index >= 15 is 0 Å². The van der Waals surface area contributed by atoms with Crippen LogP contribution in [0.3, 0.4) is 0 Å². The molecule has 1 atom stereocenters. The molecule has 1 aliphatic rings. The van der Waals surface area contributed by atoms with Crippen LogP contribution in [0.2, 0.25) is 0 Å². The second kappa shape index (κ2) is 5.09. The lowest BCUT2D eigenvalue weighted by molar-refractivity contribution is 0.0696. The molecule has 0 spiro atoms. The number of amides is 1. The standard InChI is InChI=1S/C14H15BrN2O3/c1-8-6-12(15)19-13(8)14(18)17-5-3-4-11(17)10-7-9(2)20-16-10/h6-7,11H,3-5H2,1-2H3. The van der Waals surface area contributed by atoms with Gasteiger partial charge in [0, 0.05) is 18.2 Å². The number of halogens is 1. The summed E-state index contributed by atoms with van der Waals surface area (Å²) in [6, 6.07) is 3.67. The van der Waals surface area contributed by atoms with Crippen LogP contribution in [0, 0.1) is 13.8 Å². The summed E-state index contributed by atoms with van der Waals surface area (Å²) in [6.07, 6.45) is 1.86. The predicted molar refractivity (Wildman–Crippen MR) is 75.4 cm³/mol. The van der Waals surface area contributed by atoms with E-state index < -0.39 is 0 Å². The highest BCUT2D eigenvalue weighted by molar-refractivity contribution is 9.10. The van der Waals surface area contributed by atoms with Gasteiger partial charge >= 0.3 is 0 Å². The minimum Gasteiger partial charge on any atom is -0.444 e. The average molecular weight is 339 g/mol. The minimum atomic E-state index is -0.0867. The van der Waals surface area contributed by atoms with Gasteiger partial charge in [0.05, 0.1) is 6.04 Å². The molecule has 2 aromatic heterocycles. The van der Waals surface area contributed by atoms with Gasteiger partial charge < -0.3 is 13.8 Å². The first-order valence-corrected chi connectivity index (χ1v) is 7.35. The van der Waals surface area contributed by atoms with E-state index in [1.807, 2.05) is 24.8 Å². The minimum absolute atomic E-state index is 0.0248. The molecule has 0 aliphatic carbocycles. The molecule has 1 amide bonds. The van der Waals surface area contributed by atoms with Crippen LogP contribution < -0.4 is 0 Å². The van der Waals surface area contributed by atoms with Gasteiger partial charge in [-0.05, 0) is 48.7 Å². The molecule has 3 heterocycles. The normalized spacial score (nSPS) is 18.8. The van der Waals surface area contributed by atoms with Gasteiger partial charge in [-0.3, -0.25) is 4.79 Å². The molecule has 3 rings (SSSR count). The maximum atomic E-state index is 12.6. The summed E-state index contributed by atoms with van der Waals surface area (Å²) in [5.41, 5.74) is 1.65. The van der Waals surface area contributed by atoms with E-state index in [-0.39, 0.29) is 11.9 Å². The largest absolute Gasteiger partial charge is 0.444 e. The van der Waals surface area contributed by atoms with E-state index in [1.165, 1.54) is 0 Å². The summed E-state index contributed by atoms with van der Waals surface area (Å²) in [6.45, 7) is 4.44. The summed E-state index contributed by atoms with van der Waals surface area (Å²) in [5.74, 6) is 1.07. The molecule has 1 fully saturated rings. The van der Waals surface area contributed by atoms with Crippen LogP contribution in [0.4, 0.5) is 0 Å². The van der Waals surface area contributed by atoms with Gasteiger partial charge in [0.1, 0.15) is 11.5 Å². The number of aryl methyl sites for hydroxylation is 2. The van der Waals surface area contributed by atoms with Gasteiger partial charge in [-0.25, -0.2) is 0 Å². The lowest BCUT2D eigenvalue weighted by Gasteiger charge is -2.22. The predicted octanol–water partition coefficient (Wildman–Crippen LogP) is 3.62. The highest BCUT2D eigenvalue weighted by Crippen LogP contribution is 2.34. The van der Waals surface area contributed by atoms with Crippen molar-refractivity contribution >= 4 is 21.8 Å². The van der Waals surface area contributed by atoms with E-state index in [1.54, 1.807) is 6.07 Å². The number of hydrogen-bond acceptors (Lipinski definition) is 4.